The van der Waals surface area contributed by atoms with Gasteiger partial charge in [-0.05, 0) is 13.3 Å². The van der Waals surface area contributed by atoms with Crippen molar-refractivity contribution in [1.82, 2.24) is 5.06 Å². The van der Waals surface area contributed by atoms with E-state index < -0.39 is 6.10 Å². The van der Waals surface area contributed by atoms with E-state index in [2.05, 4.69) is 0 Å². The molecule has 0 aromatic carbocycles. The van der Waals surface area contributed by atoms with E-state index in [1.807, 2.05) is 0 Å². The molecule has 1 aliphatic rings. The van der Waals surface area contributed by atoms with Gasteiger partial charge in [0.1, 0.15) is 6.10 Å². The zero-order valence-corrected chi connectivity index (χ0v) is 5.91. The average molecular weight is 145 g/mol. The molecule has 1 unspecified atom stereocenters. The molecule has 1 saturated heterocycles. The summed E-state index contributed by atoms with van der Waals surface area (Å²) in [6.45, 7) is 2.62. The molecule has 0 aromatic heterocycles. The Morgan fingerprint density at radius 1 is 1.80 bits per heavy atom. The van der Waals surface area contributed by atoms with Gasteiger partial charge >= 0.3 is 0 Å². The average Bonchev–Trinajstić information content (AvgIpc) is 2.36. The summed E-state index contributed by atoms with van der Waals surface area (Å²) in [5.74, 6) is -0.350. The van der Waals surface area contributed by atoms with Gasteiger partial charge in [-0.25, -0.2) is 5.06 Å². The molecule has 1 atom stereocenters. The van der Waals surface area contributed by atoms with E-state index in [4.69, 9.17) is 9.94 Å². The van der Waals surface area contributed by atoms with Crippen LogP contribution >= 0.6 is 0 Å². The van der Waals surface area contributed by atoms with Crippen molar-refractivity contribution in [3.8, 4) is 0 Å². The van der Waals surface area contributed by atoms with E-state index >= 15 is 0 Å². The topological polar surface area (TPSA) is 49.8 Å². The molecule has 0 aliphatic carbocycles. The summed E-state index contributed by atoms with van der Waals surface area (Å²) < 4.78 is 0. The molecule has 1 N–H and O–H groups in total. The van der Waals surface area contributed by atoms with Crippen LogP contribution in [0.1, 0.15) is 13.3 Å². The number of carbonyl (C=O) groups is 1. The Hall–Kier alpha value is -0.610. The van der Waals surface area contributed by atoms with Crippen LogP contribution in [0.3, 0.4) is 0 Å². The summed E-state index contributed by atoms with van der Waals surface area (Å²) in [5, 5.41) is 10.0. The summed E-state index contributed by atoms with van der Waals surface area (Å²) in [6, 6.07) is 0. The van der Waals surface area contributed by atoms with Crippen LogP contribution in [0.25, 0.3) is 0 Å². The van der Waals surface area contributed by atoms with Crippen LogP contribution in [0.15, 0.2) is 0 Å². The normalized spacial score (nSPS) is 21.2. The van der Waals surface area contributed by atoms with Crippen LogP contribution in [0, 0.1) is 0 Å². The van der Waals surface area contributed by atoms with E-state index in [-0.39, 0.29) is 5.91 Å². The highest BCUT2D eigenvalue weighted by Crippen LogP contribution is 2.05. The lowest BCUT2D eigenvalue weighted by Crippen LogP contribution is -2.34. The molecular formula is C6H11NO3. The van der Waals surface area contributed by atoms with Crippen molar-refractivity contribution < 1.29 is 14.7 Å². The zero-order chi connectivity index (χ0) is 7.56. The van der Waals surface area contributed by atoms with Gasteiger partial charge < -0.3 is 5.11 Å². The lowest BCUT2D eigenvalue weighted by molar-refractivity contribution is -0.176. The maximum absolute atomic E-state index is 10.9. The second-order valence-corrected chi connectivity index (χ2v) is 2.30. The van der Waals surface area contributed by atoms with Crippen LogP contribution in [-0.2, 0) is 9.63 Å². The summed E-state index contributed by atoms with van der Waals surface area (Å²) in [7, 11) is 0. The maximum atomic E-state index is 10.9. The van der Waals surface area contributed by atoms with Gasteiger partial charge in [-0.1, -0.05) is 0 Å². The van der Waals surface area contributed by atoms with Gasteiger partial charge in [-0.2, -0.15) is 0 Å². The van der Waals surface area contributed by atoms with Crippen molar-refractivity contribution in [3.05, 3.63) is 0 Å². The highest BCUT2D eigenvalue weighted by atomic mass is 16.7. The van der Waals surface area contributed by atoms with Crippen LogP contribution in [0.5, 0.6) is 0 Å². The third kappa shape index (κ3) is 1.46. The molecule has 10 heavy (non-hydrogen) atoms. The summed E-state index contributed by atoms with van der Waals surface area (Å²) >= 11 is 0. The fourth-order valence-electron chi connectivity index (χ4n) is 0.830. The minimum absolute atomic E-state index is 0.350. The molecule has 0 aromatic rings. The number of aliphatic hydroxyl groups is 1. The number of aliphatic hydroxyl groups excluding tert-OH is 1. The van der Waals surface area contributed by atoms with Crippen molar-refractivity contribution in [2.24, 2.45) is 0 Å². The molecule has 1 aliphatic heterocycles. The van der Waals surface area contributed by atoms with Gasteiger partial charge in [0, 0.05) is 0 Å². The number of hydrogen-bond acceptors (Lipinski definition) is 3. The number of nitrogens with zero attached hydrogens (tertiary/aromatic N) is 1. The Balaban J connectivity index is 2.40. The quantitative estimate of drug-likeness (QED) is 0.542. The molecule has 0 saturated carbocycles. The van der Waals surface area contributed by atoms with Gasteiger partial charge in [-0.15, -0.1) is 0 Å². The van der Waals surface area contributed by atoms with Crippen LogP contribution in [-0.4, -0.2) is 35.3 Å². The Morgan fingerprint density at radius 3 is 2.90 bits per heavy atom. The Labute approximate surface area is 59.3 Å². The van der Waals surface area contributed by atoms with Gasteiger partial charge in [0.2, 0.25) is 0 Å². The second kappa shape index (κ2) is 2.98. The van der Waals surface area contributed by atoms with Crippen molar-refractivity contribution in [2.75, 3.05) is 13.2 Å². The first-order chi connectivity index (χ1) is 4.72. The Kier molecular flexibility index (Phi) is 2.24. The predicted octanol–water partition coefficient (Wildman–Crippen LogP) is -0.469. The van der Waals surface area contributed by atoms with Crippen molar-refractivity contribution in [2.45, 2.75) is 19.4 Å². The summed E-state index contributed by atoms with van der Waals surface area (Å²) in [6.07, 6.45) is -0.0866. The zero-order valence-electron chi connectivity index (χ0n) is 5.91. The SMILES string of the molecule is CC(O)C(=O)N1CCCO1. The molecule has 1 rings (SSSR count). The number of carbonyl (C=O) groups excluding carboxylic acids is 1. The van der Waals surface area contributed by atoms with Gasteiger partial charge in [0.05, 0.1) is 13.2 Å². The highest BCUT2D eigenvalue weighted by molar-refractivity contribution is 5.79. The Bertz CT molecular complexity index is 129. The van der Waals surface area contributed by atoms with E-state index in [1.54, 1.807) is 0 Å². The third-order valence-electron chi connectivity index (χ3n) is 1.36. The maximum Gasteiger partial charge on any atom is 0.274 e. The molecule has 0 radical (unpaired) electrons. The molecule has 58 valence electrons. The first kappa shape index (κ1) is 7.50. The van der Waals surface area contributed by atoms with E-state index in [1.165, 1.54) is 12.0 Å². The monoisotopic (exact) mass is 145 g/mol. The van der Waals surface area contributed by atoms with E-state index in [9.17, 15) is 4.79 Å². The van der Waals surface area contributed by atoms with Crippen LogP contribution in [0.2, 0.25) is 0 Å². The first-order valence-corrected chi connectivity index (χ1v) is 3.34. The van der Waals surface area contributed by atoms with Crippen LogP contribution < -0.4 is 0 Å². The van der Waals surface area contributed by atoms with Gasteiger partial charge in [0.15, 0.2) is 0 Å². The molecule has 0 spiro atoms. The lowest BCUT2D eigenvalue weighted by Gasteiger charge is -2.14. The highest BCUT2D eigenvalue weighted by Gasteiger charge is 2.22. The Morgan fingerprint density at radius 2 is 2.50 bits per heavy atom. The van der Waals surface area contributed by atoms with E-state index in [0.29, 0.717) is 13.2 Å². The minimum Gasteiger partial charge on any atom is -0.383 e. The van der Waals surface area contributed by atoms with Crippen molar-refractivity contribution in [3.63, 3.8) is 0 Å². The largest absolute Gasteiger partial charge is 0.383 e. The molecule has 0 bridgehead atoms. The number of amides is 1. The molecule has 4 heteroatoms. The molecular weight excluding hydrogens is 134 g/mol. The number of hydrogen-bond donors (Lipinski definition) is 1. The van der Waals surface area contributed by atoms with Crippen molar-refractivity contribution >= 4 is 5.91 Å². The molecule has 1 heterocycles. The molecule has 4 nitrogen and oxygen atoms in total. The van der Waals surface area contributed by atoms with Gasteiger partial charge in [-0.3, -0.25) is 9.63 Å². The smallest absolute Gasteiger partial charge is 0.274 e. The van der Waals surface area contributed by atoms with E-state index in [0.717, 1.165) is 6.42 Å². The standard InChI is InChI=1S/C6H11NO3/c1-5(8)6(9)7-3-2-4-10-7/h5,8H,2-4H2,1H3. The first-order valence-electron chi connectivity index (χ1n) is 3.34. The summed E-state index contributed by atoms with van der Waals surface area (Å²) in [4.78, 5) is 15.8. The predicted molar refractivity (Wildman–Crippen MR) is 34.0 cm³/mol. The molecule has 1 amide bonds. The second-order valence-electron chi connectivity index (χ2n) is 2.30. The fourth-order valence-corrected chi connectivity index (χ4v) is 0.830. The summed E-state index contributed by atoms with van der Waals surface area (Å²) in [5.41, 5.74) is 0. The van der Waals surface area contributed by atoms with Gasteiger partial charge in [0.25, 0.3) is 5.91 Å². The van der Waals surface area contributed by atoms with Crippen LogP contribution in [0.4, 0.5) is 0 Å². The lowest BCUT2D eigenvalue weighted by atomic mass is 10.3. The number of rotatable bonds is 1. The van der Waals surface area contributed by atoms with Crippen molar-refractivity contribution in [1.29, 1.82) is 0 Å². The fraction of sp³-hybridized carbons (Fsp3) is 0.833. The number of hydroxylamine groups is 2. The minimum atomic E-state index is -0.946. The third-order valence-corrected chi connectivity index (χ3v) is 1.36. The molecule has 1 fully saturated rings.